The molecule has 0 saturated heterocycles. The van der Waals surface area contributed by atoms with Crippen molar-refractivity contribution in [3.05, 3.63) is 42.6 Å². The number of rotatable bonds is 6. The monoisotopic (exact) mass is 312 g/mol. The zero-order valence-electron chi connectivity index (χ0n) is 13.6. The average Bonchev–Trinajstić information content (AvgIpc) is 3.24. The van der Waals surface area contributed by atoms with Gasteiger partial charge < -0.3 is 10.2 Å². The van der Waals surface area contributed by atoms with Gasteiger partial charge in [-0.05, 0) is 31.9 Å². The van der Waals surface area contributed by atoms with E-state index in [1.54, 1.807) is 6.20 Å². The van der Waals surface area contributed by atoms with Crippen molar-refractivity contribution in [2.75, 3.05) is 23.3 Å². The molecule has 0 unspecified atom stereocenters. The summed E-state index contributed by atoms with van der Waals surface area (Å²) in [6.45, 7) is 3.19. The third-order valence-corrected chi connectivity index (χ3v) is 4.45. The molecular weight excluding hydrogens is 288 g/mol. The minimum atomic E-state index is -0.00421. The van der Waals surface area contributed by atoms with Crippen LogP contribution in [0.25, 0.3) is 0 Å². The van der Waals surface area contributed by atoms with Crippen LogP contribution >= 0.6 is 0 Å². The zero-order chi connectivity index (χ0) is 16.1. The third-order valence-electron chi connectivity index (χ3n) is 4.45. The normalized spacial score (nSPS) is 14.8. The number of likely N-dealkylation sites (N-methyl/N-ethyl adjacent to an activating group) is 1. The van der Waals surface area contributed by atoms with E-state index in [2.05, 4.69) is 22.2 Å². The highest BCUT2D eigenvalue weighted by molar-refractivity contribution is 5.93. The van der Waals surface area contributed by atoms with Crippen molar-refractivity contribution in [3.8, 4) is 0 Å². The predicted molar refractivity (Wildman–Crippen MR) is 92.7 cm³/mol. The Bertz CT molecular complexity index is 631. The van der Waals surface area contributed by atoms with Crippen LogP contribution in [0, 0.1) is 0 Å². The highest BCUT2D eigenvalue weighted by atomic mass is 16.2. The Morgan fingerprint density at radius 2 is 2.00 bits per heavy atom. The number of nitrogens with one attached hydrogen (secondary N) is 1. The molecule has 122 valence electrons. The van der Waals surface area contributed by atoms with E-state index in [9.17, 15) is 4.79 Å². The van der Waals surface area contributed by atoms with Gasteiger partial charge in [-0.15, -0.1) is 0 Å². The summed E-state index contributed by atoms with van der Waals surface area (Å²) in [6.07, 6.45) is 6.55. The Morgan fingerprint density at radius 1 is 1.26 bits per heavy atom. The van der Waals surface area contributed by atoms with Crippen LogP contribution in [0.1, 0.15) is 38.6 Å². The van der Waals surface area contributed by atoms with E-state index in [-0.39, 0.29) is 5.91 Å². The summed E-state index contributed by atoms with van der Waals surface area (Å²) in [6, 6.07) is 12.3. The van der Waals surface area contributed by atoms with E-state index in [1.807, 2.05) is 41.1 Å². The lowest BCUT2D eigenvalue weighted by atomic mass is 10.2. The maximum Gasteiger partial charge on any atom is 0.245 e. The van der Waals surface area contributed by atoms with Crippen molar-refractivity contribution in [2.45, 2.75) is 38.6 Å². The van der Waals surface area contributed by atoms with Gasteiger partial charge in [0.1, 0.15) is 5.82 Å². The first-order valence-electron chi connectivity index (χ1n) is 8.41. The predicted octanol–water partition coefficient (Wildman–Crippen LogP) is 3.46. The van der Waals surface area contributed by atoms with Crippen molar-refractivity contribution < 1.29 is 4.79 Å². The first-order chi connectivity index (χ1) is 11.3. The van der Waals surface area contributed by atoms with Crippen molar-refractivity contribution in [2.24, 2.45) is 0 Å². The molecule has 0 bridgehead atoms. The number of aromatic nitrogens is 2. The molecule has 0 aliphatic heterocycles. The maximum absolute atomic E-state index is 12.4. The van der Waals surface area contributed by atoms with Crippen LogP contribution in [-0.2, 0) is 4.79 Å². The molecule has 1 heterocycles. The number of anilines is 2. The first-order valence-corrected chi connectivity index (χ1v) is 8.41. The van der Waals surface area contributed by atoms with E-state index < -0.39 is 0 Å². The van der Waals surface area contributed by atoms with Crippen molar-refractivity contribution >= 4 is 17.4 Å². The summed E-state index contributed by atoms with van der Waals surface area (Å²) in [7, 11) is 0. The summed E-state index contributed by atoms with van der Waals surface area (Å²) in [4.78, 5) is 14.5. The number of carbonyl (C=O) groups excluding carboxylic acids is 1. The molecule has 0 atom stereocenters. The van der Waals surface area contributed by atoms with Crippen molar-refractivity contribution in [1.29, 1.82) is 0 Å². The Kier molecular flexibility index (Phi) is 4.95. The fourth-order valence-corrected chi connectivity index (χ4v) is 3.23. The SMILES string of the molecule is CCN(CC(=O)Nc1ccnn1C1CCCC1)c1ccccc1. The topological polar surface area (TPSA) is 50.2 Å². The van der Waals surface area contributed by atoms with Gasteiger partial charge in [0, 0.05) is 18.3 Å². The lowest BCUT2D eigenvalue weighted by Crippen LogP contribution is -2.33. The zero-order valence-corrected chi connectivity index (χ0v) is 13.6. The van der Waals surface area contributed by atoms with Crippen LogP contribution in [0.2, 0.25) is 0 Å². The second-order valence-corrected chi connectivity index (χ2v) is 6.00. The molecule has 1 saturated carbocycles. The van der Waals surface area contributed by atoms with E-state index in [1.165, 1.54) is 12.8 Å². The number of carbonyl (C=O) groups is 1. The summed E-state index contributed by atoms with van der Waals surface area (Å²) in [5, 5.41) is 7.42. The fraction of sp³-hybridized carbons (Fsp3) is 0.444. The van der Waals surface area contributed by atoms with Gasteiger partial charge in [-0.1, -0.05) is 31.0 Å². The van der Waals surface area contributed by atoms with Gasteiger partial charge in [0.05, 0.1) is 18.8 Å². The largest absolute Gasteiger partial charge is 0.362 e. The quantitative estimate of drug-likeness (QED) is 0.888. The standard InChI is InChI=1S/C18H24N4O/c1-2-21(15-8-4-3-5-9-15)14-18(23)20-17-12-13-19-22(17)16-10-6-7-11-16/h3-5,8-9,12-13,16H,2,6-7,10-11,14H2,1H3,(H,20,23). The van der Waals surface area contributed by atoms with Gasteiger partial charge in [0.25, 0.3) is 0 Å². The van der Waals surface area contributed by atoms with Crippen molar-refractivity contribution in [3.63, 3.8) is 0 Å². The number of benzene rings is 1. The summed E-state index contributed by atoms with van der Waals surface area (Å²) < 4.78 is 1.98. The Morgan fingerprint density at radius 3 is 2.70 bits per heavy atom. The van der Waals surface area contributed by atoms with Crippen LogP contribution in [0.15, 0.2) is 42.6 Å². The van der Waals surface area contributed by atoms with Gasteiger partial charge >= 0.3 is 0 Å². The molecule has 5 nitrogen and oxygen atoms in total. The van der Waals surface area contributed by atoms with Crippen molar-refractivity contribution in [1.82, 2.24) is 9.78 Å². The molecule has 2 aromatic rings. The first kappa shape index (κ1) is 15.6. The van der Waals surface area contributed by atoms with Crippen LogP contribution in [-0.4, -0.2) is 28.8 Å². The molecule has 1 aromatic carbocycles. The van der Waals surface area contributed by atoms with E-state index >= 15 is 0 Å². The minimum absolute atomic E-state index is 0.00421. The second-order valence-electron chi connectivity index (χ2n) is 6.00. The minimum Gasteiger partial charge on any atom is -0.362 e. The molecule has 1 aliphatic rings. The van der Waals surface area contributed by atoms with Gasteiger partial charge in [0.2, 0.25) is 5.91 Å². The van der Waals surface area contributed by atoms with Crippen LogP contribution in [0.3, 0.4) is 0 Å². The molecule has 1 aliphatic carbocycles. The highest BCUT2D eigenvalue weighted by Gasteiger charge is 2.20. The number of para-hydroxylation sites is 1. The summed E-state index contributed by atoms with van der Waals surface area (Å²) in [5.74, 6) is 0.807. The molecule has 1 fully saturated rings. The molecule has 3 rings (SSSR count). The van der Waals surface area contributed by atoms with E-state index in [4.69, 9.17) is 0 Å². The Labute approximate surface area is 137 Å². The molecule has 1 N–H and O–H groups in total. The lowest BCUT2D eigenvalue weighted by Gasteiger charge is -2.22. The Balaban J connectivity index is 1.64. The van der Waals surface area contributed by atoms with Crippen LogP contribution in [0.4, 0.5) is 11.5 Å². The molecule has 0 radical (unpaired) electrons. The molecule has 1 amide bonds. The molecule has 0 spiro atoms. The Hall–Kier alpha value is -2.30. The summed E-state index contributed by atoms with van der Waals surface area (Å²) in [5.41, 5.74) is 1.06. The van der Waals surface area contributed by atoms with Gasteiger partial charge in [0.15, 0.2) is 0 Å². The highest BCUT2D eigenvalue weighted by Crippen LogP contribution is 2.31. The van der Waals surface area contributed by atoms with Gasteiger partial charge in [-0.2, -0.15) is 5.10 Å². The maximum atomic E-state index is 12.4. The number of hydrogen-bond donors (Lipinski definition) is 1. The van der Waals surface area contributed by atoms with Crippen LogP contribution in [0.5, 0.6) is 0 Å². The second kappa shape index (κ2) is 7.31. The van der Waals surface area contributed by atoms with Gasteiger partial charge in [-0.3, -0.25) is 4.79 Å². The van der Waals surface area contributed by atoms with E-state index in [0.717, 1.165) is 30.9 Å². The summed E-state index contributed by atoms with van der Waals surface area (Å²) >= 11 is 0. The number of amides is 1. The fourth-order valence-electron chi connectivity index (χ4n) is 3.23. The number of nitrogens with zero attached hydrogens (tertiary/aromatic N) is 3. The molecule has 5 heteroatoms. The average molecular weight is 312 g/mol. The third kappa shape index (κ3) is 3.73. The van der Waals surface area contributed by atoms with Crippen LogP contribution < -0.4 is 10.2 Å². The molecule has 23 heavy (non-hydrogen) atoms. The smallest absolute Gasteiger partial charge is 0.245 e. The number of hydrogen-bond acceptors (Lipinski definition) is 3. The van der Waals surface area contributed by atoms with Gasteiger partial charge in [-0.25, -0.2) is 4.68 Å². The molecular formula is C18H24N4O. The molecule has 1 aromatic heterocycles. The lowest BCUT2D eigenvalue weighted by molar-refractivity contribution is -0.115. The van der Waals surface area contributed by atoms with E-state index in [0.29, 0.717) is 12.6 Å².